The van der Waals surface area contributed by atoms with E-state index in [4.69, 9.17) is 36.1 Å². The number of carbonyl (C=O) groups excluding carboxylic acids is 1. The van der Waals surface area contributed by atoms with Crippen LogP contribution in [0, 0.1) is 0 Å². The first-order valence-corrected chi connectivity index (χ1v) is 15.6. The van der Waals surface area contributed by atoms with Crippen molar-refractivity contribution in [2.45, 2.75) is 44.1 Å². The standard InChI is InChI=1S/C30H28ClN6O8P/c1-16(29(40)43-13-17-7-3-2-4-8-17)36-46(41)45-25-19-10-6-5-9-18(19)11-12-20(25)42-14-21-23(38)24(39)28(44-21)37-27-22(35-30(37)31)26(32)33-15-34-27/h2-12,15-16,21,23-24,28,38-39H,13-14H2,1H3,(H2,32,33,34)/t16-,21+,23+,24+,28+/m0/s1. The van der Waals surface area contributed by atoms with Gasteiger partial charge < -0.3 is 35.1 Å². The maximum absolute atomic E-state index is 13.0. The van der Waals surface area contributed by atoms with E-state index in [0.29, 0.717) is 5.39 Å². The summed E-state index contributed by atoms with van der Waals surface area (Å²) < 4.78 is 28.3. The van der Waals surface area contributed by atoms with Gasteiger partial charge in [-0.15, -0.1) is 0 Å². The van der Waals surface area contributed by atoms with E-state index >= 15 is 0 Å². The van der Waals surface area contributed by atoms with Gasteiger partial charge in [0.25, 0.3) is 0 Å². The molecule has 3 aromatic carbocycles. The summed E-state index contributed by atoms with van der Waals surface area (Å²) in [5.41, 5.74) is 7.12. The second-order valence-electron chi connectivity index (χ2n) is 10.4. The largest absolute Gasteiger partial charge is 0.575 e. The minimum Gasteiger partial charge on any atom is -0.575 e. The quantitative estimate of drug-likeness (QED) is 0.112. The zero-order valence-electron chi connectivity index (χ0n) is 24.2. The van der Waals surface area contributed by atoms with E-state index in [9.17, 15) is 19.9 Å². The normalized spacial score (nSPS) is 20.6. The molecule has 0 aliphatic carbocycles. The fourth-order valence-electron chi connectivity index (χ4n) is 4.95. The van der Waals surface area contributed by atoms with Gasteiger partial charge in [-0.05, 0) is 35.5 Å². The maximum atomic E-state index is 13.0. The Labute approximate surface area is 267 Å². The van der Waals surface area contributed by atoms with Gasteiger partial charge in [0.05, 0.1) is 0 Å². The number of hydrogen-bond acceptors (Lipinski definition) is 13. The van der Waals surface area contributed by atoms with Crippen molar-refractivity contribution in [3.05, 3.63) is 83.9 Å². The second-order valence-corrected chi connectivity index (χ2v) is 11.6. The molecular weight excluding hydrogens is 639 g/mol. The van der Waals surface area contributed by atoms with Crippen LogP contribution in [-0.4, -0.2) is 66.7 Å². The molecular formula is C30H28ClN6O8P. The Morgan fingerprint density at radius 1 is 1.13 bits per heavy atom. The molecule has 14 nitrogen and oxygen atoms in total. The summed E-state index contributed by atoms with van der Waals surface area (Å²) in [6, 6.07) is 18.6. The molecule has 1 aliphatic heterocycles. The number of anilines is 1. The number of ether oxygens (including phenoxy) is 3. The highest BCUT2D eigenvalue weighted by atomic mass is 35.5. The van der Waals surface area contributed by atoms with Crippen LogP contribution in [0.3, 0.4) is 0 Å². The van der Waals surface area contributed by atoms with Gasteiger partial charge in [0.2, 0.25) is 11.0 Å². The molecule has 4 N–H and O–H groups in total. The van der Waals surface area contributed by atoms with E-state index in [2.05, 4.69) is 19.7 Å². The zero-order chi connectivity index (χ0) is 32.4. The highest BCUT2D eigenvalue weighted by Gasteiger charge is 2.45. The van der Waals surface area contributed by atoms with E-state index in [0.717, 1.165) is 10.9 Å². The lowest BCUT2D eigenvalue weighted by molar-refractivity contribution is -0.169. The number of hydrogen-bond donors (Lipinski definition) is 3. The summed E-state index contributed by atoms with van der Waals surface area (Å²) in [6.07, 6.45) is -3.80. The summed E-state index contributed by atoms with van der Waals surface area (Å²) in [6.45, 7) is 1.26. The van der Waals surface area contributed by atoms with Crippen LogP contribution in [-0.2, 0) is 20.9 Å². The minimum absolute atomic E-state index is 0.0498. The Kier molecular flexibility index (Phi) is 9.27. The summed E-state index contributed by atoms with van der Waals surface area (Å²) >= 11 is 6.32. The lowest BCUT2D eigenvalue weighted by atomic mass is 10.1. The first-order valence-electron chi connectivity index (χ1n) is 14.1. The van der Waals surface area contributed by atoms with E-state index in [1.165, 1.54) is 17.8 Å². The van der Waals surface area contributed by atoms with Gasteiger partial charge in [-0.25, -0.2) is 19.7 Å². The molecule has 1 unspecified atom stereocenters. The molecule has 1 aliphatic rings. The van der Waals surface area contributed by atoms with Crippen LogP contribution in [0.25, 0.3) is 21.9 Å². The molecule has 0 amide bonds. The third-order valence-electron chi connectivity index (χ3n) is 7.30. The van der Waals surface area contributed by atoms with Crippen molar-refractivity contribution >= 4 is 53.5 Å². The Hall–Kier alpha value is -4.43. The van der Waals surface area contributed by atoms with Crippen molar-refractivity contribution in [1.29, 1.82) is 0 Å². The number of nitrogens with zero attached hydrogens (tertiary/aromatic N) is 5. The van der Waals surface area contributed by atoms with Gasteiger partial charge >= 0.3 is 14.1 Å². The Bertz CT molecular complexity index is 1910. The summed E-state index contributed by atoms with van der Waals surface area (Å²) in [4.78, 5) is 37.7. The first-order chi connectivity index (χ1) is 22.2. The zero-order valence-corrected chi connectivity index (χ0v) is 25.9. The number of imidazole rings is 1. The van der Waals surface area contributed by atoms with E-state index in [1.54, 1.807) is 24.3 Å². The number of aromatic nitrogens is 4. The SMILES string of the molecule is C[C@H](N=[P+]([O-])Oc1c(OC[C@H]2O[C@@H](n3c(Cl)nc4c(N)ncnc43)[C@H](O)[C@@H]2O)ccc2ccccc12)C(=O)OCc1ccccc1. The highest BCUT2D eigenvalue weighted by molar-refractivity contribution is 7.34. The molecule has 5 aromatic rings. The van der Waals surface area contributed by atoms with Gasteiger partial charge in [-0.2, -0.15) is 0 Å². The number of nitrogen functional groups attached to an aromatic ring is 1. The lowest BCUT2D eigenvalue weighted by Gasteiger charge is -2.18. The first kappa shape index (κ1) is 31.5. The number of nitrogens with two attached hydrogens (primary N) is 1. The van der Waals surface area contributed by atoms with E-state index < -0.39 is 44.7 Å². The minimum atomic E-state index is -2.75. The summed E-state index contributed by atoms with van der Waals surface area (Å²) in [5, 5.41) is 23.0. The molecule has 1 saturated heterocycles. The van der Waals surface area contributed by atoms with Crippen molar-refractivity contribution < 1.29 is 38.6 Å². The number of aliphatic hydroxyl groups is 2. The molecule has 0 radical (unpaired) electrons. The fourth-order valence-corrected chi connectivity index (χ4v) is 5.98. The fraction of sp³-hybridized carbons (Fsp3) is 0.267. The highest BCUT2D eigenvalue weighted by Crippen LogP contribution is 2.41. The smallest absolute Gasteiger partial charge is 0.395 e. The van der Waals surface area contributed by atoms with Gasteiger partial charge in [0, 0.05) is 5.39 Å². The molecule has 3 heterocycles. The molecule has 2 aromatic heterocycles. The molecule has 0 spiro atoms. The number of halogens is 1. The van der Waals surface area contributed by atoms with Crippen LogP contribution in [0.5, 0.6) is 11.5 Å². The molecule has 6 rings (SSSR count). The molecule has 0 saturated carbocycles. The van der Waals surface area contributed by atoms with Crippen molar-refractivity contribution in [3.8, 4) is 11.5 Å². The predicted molar refractivity (Wildman–Crippen MR) is 166 cm³/mol. The third-order valence-corrected chi connectivity index (χ3v) is 8.44. The van der Waals surface area contributed by atoms with Crippen LogP contribution in [0.2, 0.25) is 5.28 Å². The molecule has 16 heteroatoms. The van der Waals surface area contributed by atoms with Crippen LogP contribution in [0.15, 0.2) is 77.8 Å². The lowest BCUT2D eigenvalue weighted by Crippen LogP contribution is -2.34. The average Bonchev–Trinajstić information content (AvgIpc) is 3.54. The van der Waals surface area contributed by atoms with Crippen LogP contribution in [0.4, 0.5) is 5.82 Å². The molecule has 238 valence electrons. The third kappa shape index (κ3) is 6.44. The Morgan fingerprint density at radius 2 is 1.89 bits per heavy atom. The van der Waals surface area contributed by atoms with Crippen molar-refractivity contribution in [1.82, 2.24) is 19.5 Å². The maximum Gasteiger partial charge on any atom is 0.395 e. The number of rotatable bonds is 10. The van der Waals surface area contributed by atoms with Crippen molar-refractivity contribution in [3.63, 3.8) is 0 Å². The second kappa shape index (κ2) is 13.5. The average molecular weight is 667 g/mol. The number of fused-ring (bicyclic) bond motifs is 2. The van der Waals surface area contributed by atoms with Gasteiger partial charge in [-0.1, -0.05) is 65.4 Å². The van der Waals surface area contributed by atoms with Crippen molar-refractivity contribution in [2.24, 2.45) is 4.74 Å². The number of carbonyl (C=O) groups is 1. The van der Waals surface area contributed by atoms with E-state index in [1.807, 2.05) is 42.5 Å². The number of benzene rings is 3. The Morgan fingerprint density at radius 3 is 2.70 bits per heavy atom. The van der Waals surface area contributed by atoms with E-state index in [-0.39, 0.29) is 47.0 Å². The number of esters is 1. The molecule has 6 atom stereocenters. The van der Waals surface area contributed by atoms with Gasteiger partial charge in [0.15, 0.2) is 35.0 Å². The van der Waals surface area contributed by atoms with Gasteiger partial charge in [-0.3, -0.25) is 9.09 Å². The van der Waals surface area contributed by atoms with Crippen molar-refractivity contribution in [2.75, 3.05) is 12.3 Å². The topological polar surface area (TPSA) is 199 Å². The van der Waals surface area contributed by atoms with Crippen LogP contribution in [0.1, 0.15) is 18.7 Å². The monoisotopic (exact) mass is 666 g/mol. The van der Waals surface area contributed by atoms with Crippen LogP contribution >= 0.6 is 19.8 Å². The van der Waals surface area contributed by atoms with Crippen LogP contribution < -0.4 is 19.9 Å². The van der Waals surface area contributed by atoms with Gasteiger partial charge in [0.1, 0.15) is 37.9 Å². The number of aliphatic hydroxyl groups excluding tert-OH is 2. The predicted octanol–water partition coefficient (Wildman–Crippen LogP) is 3.28. The Balaban J connectivity index is 1.18. The molecule has 1 fully saturated rings. The summed E-state index contributed by atoms with van der Waals surface area (Å²) in [5.74, 6) is -0.304. The summed E-state index contributed by atoms with van der Waals surface area (Å²) in [7, 11) is -2.75. The molecule has 46 heavy (non-hydrogen) atoms. The molecule has 0 bridgehead atoms.